The largest absolute Gasteiger partial charge is 0.480 e. The molecule has 1 aliphatic carbocycles. The lowest BCUT2D eigenvalue weighted by Crippen LogP contribution is -2.62. The molecule has 7 aromatic rings. The van der Waals surface area contributed by atoms with Crippen molar-refractivity contribution in [3.8, 4) is 0 Å². The molecule has 0 saturated carbocycles. The molecule has 23 nitrogen and oxygen atoms in total. The number of thiol groups is 2. The maximum absolute atomic E-state index is 15.2. The molecule has 1 aliphatic heterocycles. The number of aromatic amines is 2. The molecule has 12 atom stereocenters. The van der Waals surface area contributed by atoms with Crippen molar-refractivity contribution < 1.29 is 53.4 Å². The van der Waals surface area contributed by atoms with Gasteiger partial charge in [0.2, 0.25) is 47.3 Å². The lowest BCUT2D eigenvalue weighted by Gasteiger charge is -2.47. The van der Waals surface area contributed by atoms with Gasteiger partial charge in [0, 0.05) is 89.9 Å². The smallest absolute Gasteiger partial charge is 0.327 e. The second-order valence-corrected chi connectivity index (χ2v) is 27.7. The molecular formula is C74H92N12O11S3. The highest BCUT2D eigenvalue weighted by atomic mass is 32.2. The number of carbonyl (C=O) groups is 9. The van der Waals surface area contributed by atoms with Gasteiger partial charge in [0.1, 0.15) is 48.3 Å². The fraction of sp³-hybridized carbons (Fsp3) is 0.419. The van der Waals surface area contributed by atoms with Gasteiger partial charge in [-0.1, -0.05) is 128 Å². The highest BCUT2D eigenvalue weighted by molar-refractivity contribution is 7.99. The Balaban J connectivity index is 0.908. The van der Waals surface area contributed by atoms with Crippen LogP contribution in [0.1, 0.15) is 85.3 Å². The van der Waals surface area contributed by atoms with Crippen molar-refractivity contribution in [2.24, 2.45) is 11.7 Å². The molecule has 0 spiro atoms. The van der Waals surface area contributed by atoms with E-state index in [1.807, 2.05) is 30.3 Å². The Labute approximate surface area is 597 Å². The predicted octanol–water partition coefficient (Wildman–Crippen LogP) is 4.43. The molecule has 2 aromatic heterocycles. The first-order chi connectivity index (χ1) is 48.3. The summed E-state index contributed by atoms with van der Waals surface area (Å²) in [4.78, 5) is 137. The number of benzene rings is 5. The number of hydrogen-bond acceptors (Lipinski definition) is 15. The highest BCUT2D eigenvalue weighted by Crippen LogP contribution is 2.45. The number of aliphatic carboxylic acids is 1. The number of likely N-dealkylation sites (tertiary alicyclic amines) is 1. The Kier molecular flexibility index (Phi) is 28.1. The van der Waals surface area contributed by atoms with Crippen molar-refractivity contribution in [3.63, 3.8) is 0 Å². The number of carbonyl (C=O) groups excluding carboxylic acids is 8. The molecule has 1 saturated heterocycles. The van der Waals surface area contributed by atoms with Gasteiger partial charge in [-0.2, -0.15) is 37.0 Å². The summed E-state index contributed by atoms with van der Waals surface area (Å²) in [5, 5.41) is 44.7. The van der Waals surface area contributed by atoms with Crippen LogP contribution in [0.2, 0.25) is 0 Å². The number of hydrogen-bond donors (Lipinski definition) is 15. The van der Waals surface area contributed by atoms with Crippen LogP contribution in [0.5, 0.6) is 0 Å². The summed E-state index contributed by atoms with van der Waals surface area (Å²) in [6.45, 7) is 5.59. The van der Waals surface area contributed by atoms with E-state index in [1.165, 1.54) is 35.2 Å². The fourth-order valence-electron chi connectivity index (χ4n) is 13.4. The van der Waals surface area contributed by atoms with Gasteiger partial charge in [0.05, 0.1) is 11.9 Å². The minimum Gasteiger partial charge on any atom is -0.480 e. The summed E-state index contributed by atoms with van der Waals surface area (Å²) in [6, 6.07) is 29.5. The van der Waals surface area contributed by atoms with Gasteiger partial charge in [-0.3, -0.25) is 43.3 Å². The molecule has 5 aromatic carbocycles. The Hall–Kier alpha value is -8.66. The molecular weight excluding hydrogens is 1330 g/mol. The monoisotopic (exact) mass is 1420 g/mol. The number of amides is 8. The molecule has 0 bridgehead atoms. The molecule has 9 rings (SSSR count). The van der Waals surface area contributed by atoms with Gasteiger partial charge in [-0.05, 0) is 116 Å². The number of unbranched alkanes of at least 4 members (excludes halogenated alkanes) is 1. The second-order valence-electron chi connectivity index (χ2n) is 25.9. The van der Waals surface area contributed by atoms with Crippen molar-refractivity contribution in [1.29, 1.82) is 0 Å². The van der Waals surface area contributed by atoms with Crippen LogP contribution in [-0.2, 0) is 75.3 Å². The molecule has 3 heterocycles. The number of nitrogens with two attached hydrogens (primary N) is 1. The summed E-state index contributed by atoms with van der Waals surface area (Å²) >= 11 is 10.1. The number of fused-ring (bicyclic) bond motifs is 3. The number of rotatable bonds is 37. The number of nitrogens with zero attached hydrogens (tertiary/aromatic N) is 1. The SMILES string of the molecule is CCCN1C[C@H](CSCC(=O)N[C@@H](CS)C(=O)N[C@@H](Cc2ccccc2)C(=O)N[C@@H](Cc2ccccc2)C(=O)N[C@H](Cc2c[nH]c3ccccc23)C(=O)N[C@@H](CCCCN)C(=O)N[C@H](C(=O)N[C@@H](Cc2ccccc2)C(=O)N[C@@H](CS)C(=O)O)[C@@H](C)O)CC2c3cccc4[nH]cc(c34)CC21. The van der Waals surface area contributed by atoms with Gasteiger partial charge in [0.15, 0.2) is 0 Å². The number of para-hydroxylation sites is 1. The van der Waals surface area contributed by atoms with E-state index in [4.69, 9.17) is 5.73 Å². The van der Waals surface area contributed by atoms with E-state index in [9.17, 15) is 39.0 Å². The van der Waals surface area contributed by atoms with Crippen molar-refractivity contribution in [2.75, 3.05) is 42.6 Å². The predicted molar refractivity (Wildman–Crippen MR) is 394 cm³/mol. The van der Waals surface area contributed by atoms with E-state index in [2.05, 4.69) is 114 Å². The zero-order chi connectivity index (χ0) is 71.2. The second kappa shape index (κ2) is 37.1. The molecule has 2 unspecified atom stereocenters. The molecule has 26 heteroatoms. The molecule has 8 amide bonds. The standard InChI is InChI=1S/C74H92N12O11S3/c1-3-30-86-39-48(31-53-52-25-17-28-55-65(52)50(38-77-55)36-63(53)86)42-100-43-64(88)78-61(40-98)72(94)81-58(33-46-20-9-5-10-21-46)68(90)80-57(32-45-18-7-4-8-19-45)69(91)82-60(35-49-37-76-54-26-14-13-24-51(49)54)71(93)79-56(27-15-16-29-75)67(89)85-66(44(2)87)73(95)83-59(34-47-22-11-6-12-23-47)70(92)84-62(41-99)74(96)97/h4-14,17-26,28,37-38,44,48,53,56-63,66,76-77,87,98-99H,3,15-16,27,29-36,39-43,75H2,1-2H3,(H,78,88)(H,79,93)(H,80,90)(H,81,94)(H,82,91)(H,83,95)(H,84,92)(H,85,89)(H,96,97)/t44-,48-,53?,56+,57+,58+,59+,60-,61+,62+,63?,66+/m1/s1. The van der Waals surface area contributed by atoms with Crippen LogP contribution >= 0.6 is 37.0 Å². The van der Waals surface area contributed by atoms with E-state index in [0.29, 0.717) is 53.0 Å². The highest BCUT2D eigenvalue weighted by Gasteiger charge is 2.42. The van der Waals surface area contributed by atoms with Crippen molar-refractivity contribution in [3.05, 3.63) is 179 Å². The van der Waals surface area contributed by atoms with Gasteiger partial charge >= 0.3 is 5.97 Å². The number of carboxylic acid groups (broad SMARTS) is 1. The minimum atomic E-state index is -1.72. The van der Waals surface area contributed by atoms with Crippen LogP contribution in [0, 0.1) is 5.92 Å². The molecule has 100 heavy (non-hydrogen) atoms. The number of thioether (sulfide) groups is 1. The van der Waals surface area contributed by atoms with Gasteiger partial charge in [-0.25, -0.2) is 4.79 Å². The number of aliphatic hydroxyl groups excluding tert-OH is 1. The summed E-state index contributed by atoms with van der Waals surface area (Å²) < 4.78 is 0. The number of aliphatic hydroxyl groups is 1. The summed E-state index contributed by atoms with van der Waals surface area (Å²) in [5.41, 5.74) is 13.1. The fourth-order valence-corrected chi connectivity index (χ4v) is 14.9. The molecule has 14 N–H and O–H groups in total. The summed E-state index contributed by atoms with van der Waals surface area (Å²) in [7, 11) is 0. The quantitative estimate of drug-likeness (QED) is 0.0189. The van der Waals surface area contributed by atoms with Crippen LogP contribution in [0.15, 0.2) is 146 Å². The molecule has 532 valence electrons. The van der Waals surface area contributed by atoms with Crippen molar-refractivity contribution in [2.45, 2.75) is 144 Å². The van der Waals surface area contributed by atoms with Gasteiger partial charge < -0.3 is 68.4 Å². The molecule has 0 radical (unpaired) electrons. The van der Waals surface area contributed by atoms with Crippen molar-refractivity contribution in [1.82, 2.24) is 57.4 Å². The third kappa shape index (κ3) is 20.5. The summed E-state index contributed by atoms with van der Waals surface area (Å²) in [5.74, 6) is -6.37. The first-order valence-corrected chi connectivity index (χ1v) is 36.6. The van der Waals surface area contributed by atoms with E-state index in [0.717, 1.165) is 54.5 Å². The van der Waals surface area contributed by atoms with E-state index < -0.39 is 102 Å². The van der Waals surface area contributed by atoms with E-state index >= 15 is 14.4 Å². The number of piperidine rings is 1. The summed E-state index contributed by atoms with van der Waals surface area (Å²) in [6.07, 6.45) is 5.63. The maximum atomic E-state index is 15.2. The van der Waals surface area contributed by atoms with Gasteiger partial charge in [-0.15, -0.1) is 0 Å². The first-order valence-electron chi connectivity index (χ1n) is 34.2. The Bertz CT molecular complexity index is 3920. The normalized spacial score (nSPS) is 17.7. The van der Waals surface area contributed by atoms with Crippen LogP contribution in [0.4, 0.5) is 0 Å². The lowest BCUT2D eigenvalue weighted by molar-refractivity contribution is -0.141. The topological polar surface area (TPSA) is 351 Å². The van der Waals surface area contributed by atoms with Crippen LogP contribution in [0.3, 0.4) is 0 Å². The maximum Gasteiger partial charge on any atom is 0.327 e. The third-order valence-electron chi connectivity index (χ3n) is 18.5. The molecule has 2 aliphatic rings. The Morgan fingerprint density at radius 3 is 1.63 bits per heavy atom. The minimum absolute atomic E-state index is 0.0244. The van der Waals surface area contributed by atoms with Crippen LogP contribution in [0.25, 0.3) is 21.8 Å². The van der Waals surface area contributed by atoms with Crippen molar-refractivity contribution >= 4 is 112 Å². The average Bonchev–Trinajstić information content (AvgIpc) is 1.42. The first kappa shape index (κ1) is 75.5. The number of carboxylic acids is 1. The van der Waals surface area contributed by atoms with E-state index in [-0.39, 0.29) is 61.8 Å². The zero-order valence-electron chi connectivity index (χ0n) is 56.2. The van der Waals surface area contributed by atoms with Crippen LogP contribution in [-0.4, -0.2) is 181 Å². The Morgan fingerprint density at radius 2 is 1.08 bits per heavy atom. The Morgan fingerprint density at radius 1 is 0.580 bits per heavy atom. The van der Waals surface area contributed by atoms with E-state index in [1.54, 1.807) is 91.1 Å². The number of aromatic nitrogens is 2. The number of nitrogens with one attached hydrogen (secondary N) is 10. The van der Waals surface area contributed by atoms with Crippen LogP contribution < -0.4 is 48.3 Å². The third-order valence-corrected chi connectivity index (χ3v) is 20.4. The van der Waals surface area contributed by atoms with Gasteiger partial charge in [0.25, 0.3) is 0 Å². The number of H-pyrrole nitrogens is 2. The average molecular weight is 1420 g/mol. The lowest BCUT2D eigenvalue weighted by atomic mass is 9.72. The molecule has 1 fully saturated rings. The zero-order valence-corrected chi connectivity index (χ0v) is 58.8.